The van der Waals surface area contributed by atoms with Crippen LogP contribution in [0, 0.1) is 0 Å². The van der Waals surface area contributed by atoms with Crippen LogP contribution in [0.25, 0.3) is 0 Å². The van der Waals surface area contributed by atoms with E-state index in [4.69, 9.17) is 0 Å². The highest BCUT2D eigenvalue weighted by Crippen LogP contribution is 1.99. The minimum atomic E-state index is 0.880. The monoisotopic (exact) mass is 203 g/mol. The second-order valence-electron chi connectivity index (χ2n) is 3.40. The number of guanidine groups is 1. The first-order valence-electron chi connectivity index (χ1n) is 5.07. The van der Waals surface area contributed by atoms with Gasteiger partial charge >= 0.3 is 5.96 Å². The first-order chi connectivity index (χ1) is 7.36. The molecule has 0 radical (unpaired) electrons. The van der Waals surface area contributed by atoms with Crippen LogP contribution in [0.2, 0.25) is 0 Å². The molecule has 0 aromatic heterocycles. The molecule has 1 aliphatic heterocycles. The molecule has 0 atom stereocenters. The Kier molecular flexibility index (Phi) is 2.97. The van der Waals surface area contributed by atoms with Crippen molar-refractivity contribution < 1.29 is 4.99 Å². The average Bonchev–Trinajstić information content (AvgIpc) is 2.80. The Morgan fingerprint density at radius 2 is 2.20 bits per heavy atom. The number of hydrazone groups is 1. The van der Waals surface area contributed by atoms with Gasteiger partial charge in [-0.2, -0.15) is 5.43 Å². The Morgan fingerprint density at radius 3 is 2.87 bits per heavy atom. The zero-order valence-corrected chi connectivity index (χ0v) is 8.75. The molecule has 4 heteroatoms. The molecule has 1 aromatic rings. The molecular formula is C11H15N4+. The molecule has 0 bridgehead atoms. The summed E-state index contributed by atoms with van der Waals surface area (Å²) >= 11 is 0. The number of benzene rings is 1. The lowest BCUT2D eigenvalue weighted by atomic mass is 10.1. The number of rotatable bonds is 2. The predicted molar refractivity (Wildman–Crippen MR) is 60.6 cm³/mol. The largest absolute Gasteiger partial charge is 0.367 e. The van der Waals surface area contributed by atoms with Crippen LogP contribution in [0.1, 0.15) is 12.5 Å². The van der Waals surface area contributed by atoms with E-state index in [1.807, 2.05) is 37.3 Å². The molecule has 0 saturated carbocycles. The molecule has 0 unspecified atom stereocenters. The average molecular weight is 203 g/mol. The summed E-state index contributed by atoms with van der Waals surface area (Å²) in [6, 6.07) is 10.1. The number of hydrogen-bond acceptors (Lipinski definition) is 3. The van der Waals surface area contributed by atoms with Gasteiger partial charge < -0.3 is 0 Å². The summed E-state index contributed by atoms with van der Waals surface area (Å²) in [4.78, 5) is 3.15. The van der Waals surface area contributed by atoms with Crippen molar-refractivity contribution in [2.75, 3.05) is 13.1 Å². The summed E-state index contributed by atoms with van der Waals surface area (Å²) in [6.45, 7) is 3.88. The molecule has 1 aliphatic rings. The summed E-state index contributed by atoms with van der Waals surface area (Å²) in [6.07, 6.45) is 0. The standard InChI is InChI=1S/C11H14N4/c1-9(10-5-3-2-4-6-10)14-15-11-12-7-8-13-11/h2-6H,7-8H2,1H3,(H2,12,13,15)/p+1. The van der Waals surface area contributed by atoms with Gasteiger partial charge in [0, 0.05) is 0 Å². The van der Waals surface area contributed by atoms with Crippen molar-refractivity contribution in [2.24, 2.45) is 5.10 Å². The van der Waals surface area contributed by atoms with E-state index in [9.17, 15) is 0 Å². The maximum atomic E-state index is 4.28. The Balaban J connectivity index is 2.01. The Bertz CT molecular complexity index is 381. The van der Waals surface area contributed by atoms with Gasteiger partial charge in [-0.1, -0.05) is 30.3 Å². The van der Waals surface area contributed by atoms with Gasteiger partial charge in [0.2, 0.25) is 0 Å². The fraction of sp³-hybridized carbons (Fsp3) is 0.273. The highest BCUT2D eigenvalue weighted by molar-refractivity contribution is 5.99. The van der Waals surface area contributed by atoms with Crippen LogP contribution < -0.4 is 15.7 Å². The molecule has 0 aliphatic carbocycles. The summed E-state index contributed by atoms with van der Waals surface area (Å²) in [5.41, 5.74) is 5.06. The second kappa shape index (κ2) is 4.59. The molecule has 0 spiro atoms. The summed E-state index contributed by atoms with van der Waals surface area (Å²) in [5.74, 6) is 0.880. The highest BCUT2D eigenvalue weighted by Gasteiger charge is 2.09. The topological polar surface area (TPSA) is 50.4 Å². The third kappa shape index (κ3) is 2.56. The summed E-state index contributed by atoms with van der Waals surface area (Å²) in [7, 11) is 0. The fourth-order valence-electron chi connectivity index (χ4n) is 1.40. The van der Waals surface area contributed by atoms with Gasteiger partial charge in [0.05, 0.1) is 18.8 Å². The first kappa shape index (κ1) is 9.71. The van der Waals surface area contributed by atoms with E-state index in [2.05, 4.69) is 20.8 Å². The Hall–Kier alpha value is -1.84. The van der Waals surface area contributed by atoms with Crippen LogP contribution in [-0.2, 0) is 0 Å². The molecule has 0 amide bonds. The van der Waals surface area contributed by atoms with Crippen molar-refractivity contribution >= 4 is 11.7 Å². The third-order valence-corrected chi connectivity index (χ3v) is 2.26. The van der Waals surface area contributed by atoms with E-state index in [1.165, 1.54) is 0 Å². The van der Waals surface area contributed by atoms with Crippen molar-refractivity contribution in [3.05, 3.63) is 35.9 Å². The van der Waals surface area contributed by atoms with Crippen molar-refractivity contribution in [3.63, 3.8) is 0 Å². The molecule has 1 aromatic carbocycles. The van der Waals surface area contributed by atoms with Crippen LogP contribution in [-0.4, -0.2) is 24.8 Å². The lowest BCUT2D eigenvalue weighted by Gasteiger charge is -1.98. The van der Waals surface area contributed by atoms with Gasteiger partial charge in [0.1, 0.15) is 0 Å². The zero-order chi connectivity index (χ0) is 10.5. The quantitative estimate of drug-likeness (QED) is 0.428. The molecule has 0 saturated heterocycles. The van der Waals surface area contributed by atoms with Crippen LogP contribution in [0.15, 0.2) is 35.4 Å². The van der Waals surface area contributed by atoms with Gasteiger partial charge in [-0.25, -0.2) is 0 Å². The van der Waals surface area contributed by atoms with E-state index >= 15 is 0 Å². The zero-order valence-electron chi connectivity index (χ0n) is 8.75. The van der Waals surface area contributed by atoms with Gasteiger partial charge in [-0.3, -0.25) is 10.3 Å². The summed E-state index contributed by atoms with van der Waals surface area (Å²) < 4.78 is 0. The van der Waals surface area contributed by atoms with E-state index in [0.717, 1.165) is 30.3 Å². The number of nitrogens with one attached hydrogen (secondary N) is 3. The smallest absolute Gasteiger partial charge is 0.273 e. The molecule has 78 valence electrons. The Labute approximate surface area is 89.1 Å². The maximum Gasteiger partial charge on any atom is 0.367 e. The molecular weight excluding hydrogens is 188 g/mol. The summed E-state index contributed by atoms with van der Waals surface area (Å²) in [5, 5.41) is 7.43. The van der Waals surface area contributed by atoms with Gasteiger partial charge in [0.15, 0.2) is 0 Å². The molecule has 0 fully saturated rings. The minimum Gasteiger partial charge on any atom is -0.273 e. The van der Waals surface area contributed by atoms with E-state index < -0.39 is 0 Å². The SMILES string of the molecule is CC(=NNC1=[NH+]CCN1)c1ccccc1. The number of nitrogens with zero attached hydrogens (tertiary/aromatic N) is 1. The molecule has 2 rings (SSSR count). The maximum absolute atomic E-state index is 4.28. The second-order valence-corrected chi connectivity index (χ2v) is 3.40. The molecule has 15 heavy (non-hydrogen) atoms. The first-order valence-corrected chi connectivity index (χ1v) is 5.07. The van der Waals surface area contributed by atoms with Crippen molar-refractivity contribution in [3.8, 4) is 0 Å². The normalized spacial score (nSPS) is 15.8. The van der Waals surface area contributed by atoms with Crippen LogP contribution in [0.5, 0.6) is 0 Å². The van der Waals surface area contributed by atoms with Gasteiger partial charge in [-0.15, -0.1) is 5.10 Å². The van der Waals surface area contributed by atoms with Crippen molar-refractivity contribution in [2.45, 2.75) is 6.92 Å². The van der Waals surface area contributed by atoms with Gasteiger partial charge in [0.25, 0.3) is 0 Å². The third-order valence-electron chi connectivity index (χ3n) is 2.26. The molecule has 3 N–H and O–H groups in total. The van der Waals surface area contributed by atoms with Crippen molar-refractivity contribution in [1.29, 1.82) is 0 Å². The number of hydrogen-bond donors (Lipinski definition) is 3. The lowest BCUT2D eigenvalue weighted by molar-refractivity contribution is -0.446. The molecule has 4 nitrogen and oxygen atoms in total. The minimum absolute atomic E-state index is 0.880. The van der Waals surface area contributed by atoms with E-state index in [1.54, 1.807) is 0 Å². The molecule has 1 heterocycles. The van der Waals surface area contributed by atoms with Crippen LogP contribution in [0.3, 0.4) is 0 Å². The Morgan fingerprint density at radius 1 is 1.40 bits per heavy atom. The van der Waals surface area contributed by atoms with Crippen molar-refractivity contribution in [1.82, 2.24) is 10.7 Å². The van der Waals surface area contributed by atoms with E-state index in [-0.39, 0.29) is 0 Å². The fourth-order valence-corrected chi connectivity index (χ4v) is 1.40. The van der Waals surface area contributed by atoms with E-state index in [0.29, 0.717) is 0 Å². The lowest BCUT2D eigenvalue weighted by Crippen LogP contribution is -2.73. The van der Waals surface area contributed by atoms with Crippen LogP contribution >= 0.6 is 0 Å². The van der Waals surface area contributed by atoms with Gasteiger partial charge in [-0.05, 0) is 12.5 Å². The van der Waals surface area contributed by atoms with Crippen LogP contribution in [0.4, 0.5) is 0 Å². The predicted octanol–water partition coefficient (Wildman–Crippen LogP) is -0.960. The highest BCUT2D eigenvalue weighted by atomic mass is 15.4.